The minimum absolute atomic E-state index is 0.142. The molecule has 1 atom stereocenters. The summed E-state index contributed by atoms with van der Waals surface area (Å²) in [5.41, 5.74) is 13.6. The third-order valence-corrected chi connectivity index (χ3v) is 4.08. The molecule has 0 saturated carbocycles. The molecule has 25 heavy (non-hydrogen) atoms. The number of nitrogens with zero attached hydrogens (tertiary/aromatic N) is 2. The second-order valence-corrected chi connectivity index (χ2v) is 5.76. The Hall–Kier alpha value is -3.09. The first-order chi connectivity index (χ1) is 12.1. The molecule has 1 aromatic heterocycles. The number of hydrogen-bond donors (Lipinski definition) is 2. The Morgan fingerprint density at radius 3 is 2.72 bits per heavy atom. The molecular formula is C18H20N4O3. The summed E-state index contributed by atoms with van der Waals surface area (Å²) in [6, 6.07) is 10.1. The smallest absolute Gasteiger partial charge is 0.342 e. The Morgan fingerprint density at radius 2 is 2.04 bits per heavy atom. The van der Waals surface area contributed by atoms with E-state index in [9.17, 15) is 4.79 Å². The minimum Gasteiger partial charge on any atom is -0.468 e. The van der Waals surface area contributed by atoms with Gasteiger partial charge in [0, 0.05) is 6.42 Å². The number of carbonyl (C=O) groups is 1. The Morgan fingerprint density at radius 1 is 1.28 bits per heavy atom. The van der Waals surface area contributed by atoms with Crippen LogP contribution in [0.15, 0.2) is 51.2 Å². The van der Waals surface area contributed by atoms with E-state index >= 15 is 0 Å². The van der Waals surface area contributed by atoms with Gasteiger partial charge in [0.1, 0.15) is 17.6 Å². The highest BCUT2D eigenvalue weighted by atomic mass is 16.5. The first kappa shape index (κ1) is 16.8. The van der Waals surface area contributed by atoms with Crippen molar-refractivity contribution >= 4 is 17.6 Å². The summed E-state index contributed by atoms with van der Waals surface area (Å²) in [6.45, 7) is 2.04. The molecule has 7 heteroatoms. The fraction of sp³-hybridized carbons (Fsp3) is 0.278. The molecule has 0 fully saturated rings. The van der Waals surface area contributed by atoms with Crippen molar-refractivity contribution in [3.63, 3.8) is 0 Å². The lowest BCUT2D eigenvalue weighted by atomic mass is 9.81. The molecule has 1 aliphatic rings. The number of hydrogen-bond acceptors (Lipinski definition) is 5. The highest BCUT2D eigenvalue weighted by molar-refractivity contribution is 6.10. The number of furan rings is 1. The van der Waals surface area contributed by atoms with Crippen LogP contribution in [0.25, 0.3) is 0 Å². The average Bonchev–Trinajstić information content (AvgIpc) is 3.04. The molecule has 3 rings (SSSR count). The quantitative estimate of drug-likeness (QED) is 0.383. The van der Waals surface area contributed by atoms with Crippen molar-refractivity contribution in [2.75, 3.05) is 6.61 Å². The van der Waals surface area contributed by atoms with Crippen molar-refractivity contribution < 1.29 is 13.9 Å². The molecule has 1 unspecified atom stereocenters. The standard InChI is InChI=1S/C18H20N4O3/c1-2-24-17(23)13-10-25-15-9-12(11-6-4-3-5-7-11)8-14(16(13)15)21-22-18(19)20/h3-7,10,12H,2,8-9H2,1H3,(H4,19,20,22)/b21-14-. The van der Waals surface area contributed by atoms with E-state index in [1.807, 2.05) is 18.2 Å². The molecule has 1 heterocycles. The van der Waals surface area contributed by atoms with Gasteiger partial charge in [0.15, 0.2) is 0 Å². The van der Waals surface area contributed by atoms with E-state index in [0.29, 0.717) is 35.4 Å². The van der Waals surface area contributed by atoms with Crippen molar-refractivity contribution in [2.24, 2.45) is 21.7 Å². The predicted octanol–water partition coefficient (Wildman–Crippen LogP) is 2.16. The highest BCUT2D eigenvalue weighted by Gasteiger charge is 2.32. The lowest BCUT2D eigenvalue weighted by Crippen LogP contribution is -2.24. The molecule has 0 amide bonds. The summed E-state index contributed by atoms with van der Waals surface area (Å²) < 4.78 is 10.7. The van der Waals surface area contributed by atoms with Gasteiger partial charge in [0.2, 0.25) is 5.96 Å². The van der Waals surface area contributed by atoms with E-state index in [-0.39, 0.29) is 18.5 Å². The van der Waals surface area contributed by atoms with Gasteiger partial charge in [-0.05, 0) is 24.8 Å². The van der Waals surface area contributed by atoms with Gasteiger partial charge in [-0.15, -0.1) is 5.10 Å². The van der Waals surface area contributed by atoms with Crippen LogP contribution in [0.3, 0.4) is 0 Å². The zero-order valence-corrected chi connectivity index (χ0v) is 13.9. The van der Waals surface area contributed by atoms with Gasteiger partial charge in [-0.3, -0.25) is 0 Å². The molecule has 7 nitrogen and oxygen atoms in total. The van der Waals surface area contributed by atoms with E-state index < -0.39 is 5.97 Å². The van der Waals surface area contributed by atoms with E-state index in [1.54, 1.807) is 6.92 Å². The van der Waals surface area contributed by atoms with Crippen molar-refractivity contribution in [1.29, 1.82) is 0 Å². The summed E-state index contributed by atoms with van der Waals surface area (Å²) in [5.74, 6) is 0.274. The molecule has 4 N–H and O–H groups in total. The van der Waals surface area contributed by atoms with Gasteiger partial charge < -0.3 is 20.6 Å². The van der Waals surface area contributed by atoms with Crippen molar-refractivity contribution in [1.82, 2.24) is 0 Å². The van der Waals surface area contributed by atoms with Crippen LogP contribution >= 0.6 is 0 Å². The predicted molar refractivity (Wildman–Crippen MR) is 94.5 cm³/mol. The normalized spacial score (nSPS) is 17.8. The summed E-state index contributed by atoms with van der Waals surface area (Å²) in [6.07, 6.45) is 2.68. The minimum atomic E-state index is -0.442. The van der Waals surface area contributed by atoms with Gasteiger partial charge in [0.25, 0.3) is 0 Å². The number of guanidine groups is 1. The maximum atomic E-state index is 12.2. The second kappa shape index (κ2) is 7.21. The molecule has 1 aliphatic carbocycles. The van der Waals surface area contributed by atoms with E-state index in [0.717, 1.165) is 0 Å². The Kier molecular flexibility index (Phi) is 4.83. The molecule has 0 saturated heterocycles. The highest BCUT2D eigenvalue weighted by Crippen LogP contribution is 2.36. The molecule has 0 spiro atoms. The van der Waals surface area contributed by atoms with Gasteiger partial charge in [-0.25, -0.2) is 4.79 Å². The number of nitrogens with two attached hydrogens (primary N) is 2. The van der Waals surface area contributed by atoms with Crippen LogP contribution < -0.4 is 11.5 Å². The largest absolute Gasteiger partial charge is 0.468 e. The number of rotatable bonds is 4. The van der Waals surface area contributed by atoms with Crippen LogP contribution in [0.4, 0.5) is 0 Å². The zero-order chi connectivity index (χ0) is 17.8. The maximum Gasteiger partial charge on any atom is 0.342 e. The Balaban J connectivity index is 2.03. The first-order valence-corrected chi connectivity index (χ1v) is 8.08. The van der Waals surface area contributed by atoms with E-state index in [4.69, 9.17) is 20.6 Å². The molecule has 130 valence electrons. The fourth-order valence-corrected chi connectivity index (χ4v) is 3.02. The van der Waals surface area contributed by atoms with Crippen LogP contribution in [-0.2, 0) is 11.2 Å². The second-order valence-electron chi connectivity index (χ2n) is 5.76. The number of esters is 1. The van der Waals surface area contributed by atoms with Crippen molar-refractivity contribution in [3.05, 3.63) is 59.0 Å². The van der Waals surface area contributed by atoms with Crippen LogP contribution in [0.2, 0.25) is 0 Å². The molecule has 2 aromatic rings. The molecular weight excluding hydrogens is 320 g/mol. The first-order valence-electron chi connectivity index (χ1n) is 8.08. The summed E-state index contributed by atoms with van der Waals surface area (Å²) in [4.78, 5) is 12.2. The van der Waals surface area contributed by atoms with Crippen LogP contribution in [0.5, 0.6) is 0 Å². The number of ether oxygens (including phenoxy) is 1. The number of fused-ring (bicyclic) bond motifs is 1. The van der Waals surface area contributed by atoms with Gasteiger partial charge in [-0.2, -0.15) is 5.10 Å². The SMILES string of the molecule is CCOC(=O)c1coc2c1/C(=N\N=C(N)N)CC(c1ccccc1)C2. The van der Waals surface area contributed by atoms with Gasteiger partial charge >= 0.3 is 5.97 Å². The lowest BCUT2D eigenvalue weighted by Gasteiger charge is -2.23. The summed E-state index contributed by atoms with van der Waals surface area (Å²) in [5, 5.41) is 7.93. The molecule has 0 radical (unpaired) electrons. The topological polar surface area (TPSA) is 116 Å². The fourth-order valence-electron chi connectivity index (χ4n) is 3.02. The average molecular weight is 340 g/mol. The maximum absolute atomic E-state index is 12.2. The van der Waals surface area contributed by atoms with Crippen LogP contribution in [0, 0.1) is 0 Å². The molecule has 0 bridgehead atoms. The number of carbonyl (C=O) groups excluding carboxylic acids is 1. The van der Waals surface area contributed by atoms with E-state index in [1.165, 1.54) is 11.8 Å². The monoisotopic (exact) mass is 340 g/mol. The lowest BCUT2D eigenvalue weighted by molar-refractivity contribution is 0.0525. The molecule has 0 aliphatic heterocycles. The van der Waals surface area contributed by atoms with Crippen LogP contribution in [0.1, 0.15) is 46.5 Å². The van der Waals surface area contributed by atoms with Gasteiger partial charge in [-0.1, -0.05) is 30.3 Å². The third kappa shape index (κ3) is 3.55. The summed E-state index contributed by atoms with van der Waals surface area (Å²) in [7, 11) is 0. The third-order valence-electron chi connectivity index (χ3n) is 4.08. The zero-order valence-electron chi connectivity index (χ0n) is 13.9. The van der Waals surface area contributed by atoms with Crippen molar-refractivity contribution in [3.8, 4) is 0 Å². The molecule has 1 aromatic carbocycles. The van der Waals surface area contributed by atoms with Crippen LogP contribution in [-0.4, -0.2) is 24.2 Å². The Bertz CT molecular complexity index is 820. The van der Waals surface area contributed by atoms with Crippen molar-refractivity contribution in [2.45, 2.75) is 25.7 Å². The van der Waals surface area contributed by atoms with E-state index in [2.05, 4.69) is 22.3 Å². The van der Waals surface area contributed by atoms with Gasteiger partial charge in [0.05, 0.1) is 17.9 Å². The Labute approximate surface area is 145 Å². The summed E-state index contributed by atoms with van der Waals surface area (Å²) >= 11 is 0. The number of benzene rings is 1.